The average molecular weight is 281 g/mol. The summed E-state index contributed by atoms with van der Waals surface area (Å²) in [5, 5.41) is 0.385. The van der Waals surface area contributed by atoms with Crippen molar-refractivity contribution in [2.75, 3.05) is 7.11 Å². The maximum absolute atomic E-state index is 13.7. The molecule has 0 aliphatic carbocycles. The maximum Gasteiger partial charge on any atom is 0.204 e. The lowest BCUT2D eigenvalue weighted by Crippen LogP contribution is -1.96. The molecule has 0 unspecified atom stereocenters. The van der Waals surface area contributed by atoms with Crippen molar-refractivity contribution in [3.8, 4) is 17.2 Å². The van der Waals surface area contributed by atoms with E-state index < -0.39 is 5.82 Å². The van der Waals surface area contributed by atoms with E-state index in [9.17, 15) is 9.18 Å². The molecule has 0 N–H and O–H groups in total. The van der Waals surface area contributed by atoms with Crippen molar-refractivity contribution in [2.45, 2.75) is 0 Å². The zero-order valence-electron chi connectivity index (χ0n) is 10.0. The lowest BCUT2D eigenvalue weighted by molar-refractivity contribution is 0.112. The minimum atomic E-state index is -0.587. The number of methoxy groups -OCH3 is 1. The third kappa shape index (κ3) is 2.85. The van der Waals surface area contributed by atoms with Crippen LogP contribution in [0.5, 0.6) is 17.2 Å². The Balaban J connectivity index is 2.46. The summed E-state index contributed by atoms with van der Waals surface area (Å²) in [6, 6.07) is 8.79. The summed E-state index contributed by atoms with van der Waals surface area (Å²) in [6.07, 6.45) is 0.610. The summed E-state index contributed by atoms with van der Waals surface area (Å²) in [6.45, 7) is 0. The molecule has 5 heteroatoms. The van der Waals surface area contributed by atoms with Gasteiger partial charge in [0, 0.05) is 11.1 Å². The van der Waals surface area contributed by atoms with Gasteiger partial charge in [-0.15, -0.1) is 0 Å². The Bertz CT molecular complexity index is 614. The van der Waals surface area contributed by atoms with E-state index in [2.05, 4.69) is 0 Å². The second kappa shape index (κ2) is 5.71. The standard InChI is InChI=1S/C14H10ClFO3/c1-18-12-4-2-3-11(16)14(12)19-13-7-10(15)6-5-9(13)8-17/h2-8H,1H3. The van der Waals surface area contributed by atoms with E-state index in [1.54, 1.807) is 12.1 Å². The number of para-hydroxylation sites is 1. The average Bonchev–Trinajstić information content (AvgIpc) is 2.41. The summed E-state index contributed by atoms with van der Waals surface area (Å²) in [5.41, 5.74) is 0.273. The lowest BCUT2D eigenvalue weighted by Gasteiger charge is -2.12. The molecule has 2 rings (SSSR count). The van der Waals surface area contributed by atoms with Crippen LogP contribution in [0.4, 0.5) is 4.39 Å². The van der Waals surface area contributed by atoms with Crippen molar-refractivity contribution in [3.63, 3.8) is 0 Å². The van der Waals surface area contributed by atoms with Gasteiger partial charge in [-0.2, -0.15) is 0 Å². The molecule has 0 amide bonds. The Hall–Kier alpha value is -2.07. The highest BCUT2D eigenvalue weighted by molar-refractivity contribution is 6.30. The van der Waals surface area contributed by atoms with Crippen LogP contribution in [0.3, 0.4) is 0 Å². The van der Waals surface area contributed by atoms with E-state index in [4.69, 9.17) is 21.1 Å². The topological polar surface area (TPSA) is 35.5 Å². The van der Waals surface area contributed by atoms with Gasteiger partial charge in [-0.05, 0) is 24.3 Å². The van der Waals surface area contributed by atoms with E-state index >= 15 is 0 Å². The zero-order valence-corrected chi connectivity index (χ0v) is 10.8. The number of hydrogen-bond acceptors (Lipinski definition) is 3. The maximum atomic E-state index is 13.7. The zero-order chi connectivity index (χ0) is 13.8. The Morgan fingerprint density at radius 2 is 2.00 bits per heavy atom. The van der Waals surface area contributed by atoms with Crippen LogP contribution < -0.4 is 9.47 Å². The summed E-state index contributed by atoms with van der Waals surface area (Å²) < 4.78 is 24.2. The first-order valence-corrected chi connectivity index (χ1v) is 5.78. The minimum Gasteiger partial charge on any atom is -0.493 e. The Labute approximate surface area is 114 Å². The molecule has 0 aliphatic rings. The van der Waals surface area contributed by atoms with Crippen molar-refractivity contribution < 1.29 is 18.7 Å². The first kappa shape index (κ1) is 13.4. The van der Waals surface area contributed by atoms with Gasteiger partial charge in [0.05, 0.1) is 12.7 Å². The van der Waals surface area contributed by atoms with E-state index in [0.717, 1.165) is 0 Å². The molecule has 0 atom stereocenters. The fourth-order valence-electron chi connectivity index (χ4n) is 1.55. The monoisotopic (exact) mass is 280 g/mol. The van der Waals surface area contributed by atoms with Crippen LogP contribution in [0, 0.1) is 5.82 Å². The predicted molar refractivity (Wildman–Crippen MR) is 69.9 cm³/mol. The molecule has 2 aromatic rings. The first-order valence-electron chi connectivity index (χ1n) is 5.41. The molecule has 0 aliphatic heterocycles. The SMILES string of the molecule is COc1cccc(F)c1Oc1cc(Cl)ccc1C=O. The third-order valence-electron chi connectivity index (χ3n) is 2.47. The van der Waals surface area contributed by atoms with Crippen molar-refractivity contribution in [2.24, 2.45) is 0 Å². The van der Waals surface area contributed by atoms with Crippen LogP contribution in [-0.4, -0.2) is 13.4 Å². The summed E-state index contributed by atoms with van der Waals surface area (Å²) in [4.78, 5) is 10.9. The predicted octanol–water partition coefficient (Wildman–Crippen LogP) is 4.09. The Morgan fingerprint density at radius 3 is 2.68 bits per heavy atom. The summed E-state index contributed by atoms with van der Waals surface area (Å²) in [5.74, 6) is -0.269. The largest absolute Gasteiger partial charge is 0.493 e. The molecule has 0 bridgehead atoms. The van der Waals surface area contributed by atoms with Crippen LogP contribution in [0.15, 0.2) is 36.4 Å². The van der Waals surface area contributed by atoms with Gasteiger partial charge in [0.15, 0.2) is 17.9 Å². The molecule has 19 heavy (non-hydrogen) atoms. The van der Waals surface area contributed by atoms with Gasteiger partial charge in [-0.1, -0.05) is 17.7 Å². The number of hydrogen-bond donors (Lipinski definition) is 0. The van der Waals surface area contributed by atoms with Gasteiger partial charge in [-0.25, -0.2) is 4.39 Å². The first-order chi connectivity index (χ1) is 9.15. The smallest absolute Gasteiger partial charge is 0.204 e. The summed E-state index contributed by atoms with van der Waals surface area (Å²) >= 11 is 5.83. The molecule has 0 fully saturated rings. The quantitative estimate of drug-likeness (QED) is 0.791. The third-order valence-corrected chi connectivity index (χ3v) is 2.70. The highest BCUT2D eigenvalue weighted by Gasteiger charge is 2.14. The van der Waals surface area contributed by atoms with Gasteiger partial charge in [-0.3, -0.25) is 4.79 Å². The van der Waals surface area contributed by atoms with Gasteiger partial charge >= 0.3 is 0 Å². The van der Waals surface area contributed by atoms with Crippen LogP contribution in [0.1, 0.15) is 10.4 Å². The second-order valence-electron chi connectivity index (χ2n) is 3.67. The number of ether oxygens (including phenoxy) is 2. The molecule has 0 heterocycles. The van der Waals surface area contributed by atoms with Gasteiger partial charge in [0.1, 0.15) is 5.75 Å². The van der Waals surface area contributed by atoms with Crippen LogP contribution >= 0.6 is 11.6 Å². The molecule has 0 radical (unpaired) electrons. The number of carbonyl (C=O) groups excluding carboxylic acids is 1. The lowest BCUT2D eigenvalue weighted by atomic mass is 10.2. The minimum absolute atomic E-state index is 0.0876. The Kier molecular flexibility index (Phi) is 4.02. The summed E-state index contributed by atoms with van der Waals surface area (Å²) in [7, 11) is 1.40. The molecular weight excluding hydrogens is 271 g/mol. The van der Waals surface area contributed by atoms with Gasteiger partial charge in [0.2, 0.25) is 5.75 Å². The molecule has 2 aromatic carbocycles. The number of aldehydes is 1. The second-order valence-corrected chi connectivity index (χ2v) is 4.11. The van der Waals surface area contributed by atoms with E-state index in [1.165, 1.54) is 31.4 Å². The highest BCUT2D eigenvalue weighted by atomic mass is 35.5. The number of benzene rings is 2. The molecule has 98 valence electrons. The molecule has 0 aromatic heterocycles. The van der Waals surface area contributed by atoms with Crippen molar-refractivity contribution in [1.29, 1.82) is 0 Å². The van der Waals surface area contributed by atoms with Crippen molar-refractivity contribution in [1.82, 2.24) is 0 Å². The molecule has 0 saturated heterocycles. The van der Waals surface area contributed by atoms with Crippen molar-refractivity contribution >= 4 is 17.9 Å². The fourth-order valence-corrected chi connectivity index (χ4v) is 1.71. The fraction of sp³-hybridized carbons (Fsp3) is 0.0714. The van der Waals surface area contributed by atoms with E-state index in [1.807, 2.05) is 0 Å². The molecule has 0 spiro atoms. The Morgan fingerprint density at radius 1 is 1.21 bits per heavy atom. The van der Waals surface area contributed by atoms with Crippen LogP contribution in [-0.2, 0) is 0 Å². The van der Waals surface area contributed by atoms with Gasteiger partial charge < -0.3 is 9.47 Å². The number of carbonyl (C=O) groups is 1. The number of rotatable bonds is 4. The highest BCUT2D eigenvalue weighted by Crippen LogP contribution is 2.35. The van der Waals surface area contributed by atoms with E-state index in [-0.39, 0.29) is 22.8 Å². The molecule has 0 saturated carbocycles. The van der Waals surface area contributed by atoms with E-state index in [0.29, 0.717) is 11.3 Å². The van der Waals surface area contributed by atoms with Gasteiger partial charge in [0.25, 0.3) is 0 Å². The number of halogens is 2. The molecule has 3 nitrogen and oxygen atoms in total. The van der Waals surface area contributed by atoms with Crippen molar-refractivity contribution in [3.05, 3.63) is 52.8 Å². The van der Waals surface area contributed by atoms with Crippen LogP contribution in [0.2, 0.25) is 5.02 Å². The molecular formula is C14H10ClFO3. The van der Waals surface area contributed by atoms with Crippen LogP contribution in [0.25, 0.3) is 0 Å². The normalized spacial score (nSPS) is 10.1.